The number of nitrogens with zero attached hydrogens (tertiary/aromatic N) is 4. The average molecular weight is 1550 g/mol. The molecule has 0 aromatic carbocycles. The number of nitrogens with one attached hydrogen (secondary N) is 6. The van der Waals surface area contributed by atoms with E-state index in [1.54, 1.807) is 0 Å². The lowest BCUT2D eigenvalue weighted by molar-refractivity contribution is -0.123. The van der Waals surface area contributed by atoms with Gasteiger partial charge in [0.15, 0.2) is 0 Å². The van der Waals surface area contributed by atoms with Crippen molar-refractivity contribution in [1.82, 2.24) is 51.5 Å². The van der Waals surface area contributed by atoms with Crippen LogP contribution in [0.15, 0.2) is 0 Å². The lowest BCUT2D eigenvalue weighted by Crippen LogP contribution is -2.45. The Hall–Kier alpha value is -3.34. The largest absolute Gasteiger partial charge is 0.356 e. The number of hydrogen-bond acceptors (Lipinski definition) is 10. The van der Waals surface area contributed by atoms with Crippen molar-refractivity contribution in [3.8, 4) is 0 Å². The van der Waals surface area contributed by atoms with Crippen LogP contribution in [0.3, 0.4) is 0 Å². The third kappa shape index (κ3) is 81.2. The molecule has 0 bridgehead atoms. The van der Waals surface area contributed by atoms with Crippen molar-refractivity contribution in [1.29, 1.82) is 0 Å². The van der Waals surface area contributed by atoms with Gasteiger partial charge in [-0.1, -0.05) is 375 Å². The predicted octanol–water partition coefficient (Wildman–Crippen LogP) is 22.0. The molecule has 0 atom stereocenters. The highest BCUT2D eigenvalue weighted by Gasteiger charge is 2.19. The second-order valence-corrected chi connectivity index (χ2v) is 33.4. The first-order valence-corrected chi connectivity index (χ1v) is 48.5. The van der Waals surface area contributed by atoms with Crippen LogP contribution in [0, 0.1) is 0 Å². The Morgan fingerprint density at radius 1 is 0.145 bits per heavy atom. The highest BCUT2D eigenvalue weighted by atomic mass is 16.2. The first-order chi connectivity index (χ1) is 54.0. The first-order valence-electron chi connectivity index (χ1n) is 48.5. The SMILES string of the molecule is CCCCCCCCCCCCNC(=O)CCN(CCC(=O)NCCCCCCCCCC)CCN(CCC(=O)NCCCCCCCCCCCC)CCN(CCC(=O)NCCCCCCCCCCCC)CCN(CCC(=O)NCCCCCCCCCCCC)CCC(=O)NCCCCCCCCCCCC. The zero-order valence-corrected chi connectivity index (χ0v) is 74.2. The Kier molecular flexibility index (Phi) is 85.4. The summed E-state index contributed by atoms with van der Waals surface area (Å²) < 4.78 is 0. The standard InChI is InChI=1S/C94H188N10O6/c1-7-13-19-25-31-37-42-48-54-60-72-96-90(106)66-78-101(77-65-89(105)95-71-59-53-47-36-30-24-18-12-6)83-85-103(81-69-93(109)99-75-63-57-51-45-40-34-28-22-16-10-4)87-88-104(82-70-94(110)100-76-64-58-52-46-41-35-29-23-17-11-5)86-84-102(79-67-91(107)97-73-61-55-49-43-38-32-26-20-14-8-2)80-68-92(108)98-74-62-56-50-44-39-33-27-21-15-9-3/h7-88H2,1-6H3,(H,95,105)(H,96,106)(H,97,107)(H,98,108)(H,99,109)(H,100,110). The van der Waals surface area contributed by atoms with Gasteiger partial charge in [-0.05, 0) is 38.5 Å². The molecule has 0 aliphatic carbocycles. The van der Waals surface area contributed by atoms with E-state index in [-0.39, 0.29) is 35.4 Å². The minimum atomic E-state index is 0.0476. The predicted molar refractivity (Wildman–Crippen MR) is 473 cm³/mol. The van der Waals surface area contributed by atoms with Gasteiger partial charge >= 0.3 is 0 Å². The molecule has 0 fully saturated rings. The molecule has 16 nitrogen and oxygen atoms in total. The Morgan fingerprint density at radius 3 is 0.364 bits per heavy atom. The molecule has 0 heterocycles. The minimum Gasteiger partial charge on any atom is -0.356 e. The van der Waals surface area contributed by atoms with Crippen molar-refractivity contribution in [3.05, 3.63) is 0 Å². The van der Waals surface area contributed by atoms with Crippen molar-refractivity contribution >= 4 is 35.4 Å². The normalized spacial score (nSPS) is 11.6. The number of unbranched alkanes of at least 4 members (excludes halogenated alkanes) is 52. The van der Waals surface area contributed by atoms with Gasteiger partial charge in [-0.25, -0.2) is 0 Å². The molecule has 6 amide bonds. The molecule has 0 rings (SSSR count). The fourth-order valence-electron chi connectivity index (χ4n) is 15.0. The van der Waals surface area contributed by atoms with Gasteiger partial charge in [0.25, 0.3) is 0 Å². The Labute approximate surface area is 682 Å². The van der Waals surface area contributed by atoms with Crippen LogP contribution in [-0.2, 0) is 28.8 Å². The Bertz CT molecular complexity index is 1900. The first kappa shape index (κ1) is 107. The van der Waals surface area contributed by atoms with E-state index in [9.17, 15) is 28.8 Å². The van der Waals surface area contributed by atoms with Gasteiger partial charge in [-0.2, -0.15) is 0 Å². The molecule has 0 aromatic rings. The van der Waals surface area contributed by atoms with Gasteiger partial charge in [-0.15, -0.1) is 0 Å². The van der Waals surface area contributed by atoms with Crippen LogP contribution in [0.4, 0.5) is 0 Å². The third-order valence-corrected chi connectivity index (χ3v) is 22.7. The summed E-state index contributed by atoms with van der Waals surface area (Å²) in [6.07, 6.45) is 74.2. The molecule has 16 heteroatoms. The van der Waals surface area contributed by atoms with Gasteiger partial charge in [0.2, 0.25) is 35.4 Å². The van der Waals surface area contributed by atoms with Crippen LogP contribution in [-0.4, -0.2) is 173 Å². The van der Waals surface area contributed by atoms with Gasteiger partial charge in [0.05, 0.1) is 0 Å². The molecular formula is C94H188N10O6. The van der Waals surface area contributed by atoms with E-state index in [0.29, 0.717) is 156 Å². The summed E-state index contributed by atoms with van der Waals surface area (Å²) in [5, 5.41) is 19.4. The van der Waals surface area contributed by atoms with Crippen LogP contribution in [0.25, 0.3) is 0 Å². The van der Waals surface area contributed by atoms with Crippen molar-refractivity contribution in [3.63, 3.8) is 0 Å². The van der Waals surface area contributed by atoms with Crippen molar-refractivity contribution in [2.24, 2.45) is 0 Å². The van der Waals surface area contributed by atoms with Crippen LogP contribution >= 0.6 is 0 Å². The molecule has 650 valence electrons. The fraction of sp³-hybridized carbons (Fsp3) is 0.936. The summed E-state index contributed by atoms with van der Waals surface area (Å²) in [4.78, 5) is 91.2. The molecule has 0 spiro atoms. The Morgan fingerprint density at radius 2 is 0.245 bits per heavy atom. The zero-order valence-electron chi connectivity index (χ0n) is 74.2. The molecule has 0 aliphatic heterocycles. The molecule has 0 saturated carbocycles. The number of amides is 6. The summed E-state index contributed by atoms with van der Waals surface area (Å²) >= 11 is 0. The van der Waals surface area contributed by atoms with E-state index in [4.69, 9.17) is 0 Å². The van der Waals surface area contributed by atoms with Gasteiger partial charge in [0.1, 0.15) is 0 Å². The van der Waals surface area contributed by atoms with E-state index in [1.807, 2.05) is 0 Å². The highest BCUT2D eigenvalue weighted by molar-refractivity contribution is 5.78. The summed E-state index contributed by atoms with van der Waals surface area (Å²) in [5.74, 6) is 0.311. The van der Waals surface area contributed by atoms with E-state index < -0.39 is 0 Å². The molecule has 6 N–H and O–H groups in total. The van der Waals surface area contributed by atoms with Crippen LogP contribution in [0.1, 0.15) is 452 Å². The number of rotatable bonds is 91. The topological polar surface area (TPSA) is 188 Å². The molecule has 0 radical (unpaired) electrons. The maximum Gasteiger partial charge on any atom is 0.221 e. The van der Waals surface area contributed by atoms with Crippen molar-refractivity contribution in [2.75, 3.05) is 118 Å². The highest BCUT2D eigenvalue weighted by Crippen LogP contribution is 2.17. The summed E-state index contributed by atoms with van der Waals surface area (Å²) in [7, 11) is 0. The lowest BCUT2D eigenvalue weighted by Gasteiger charge is -2.31. The smallest absolute Gasteiger partial charge is 0.221 e. The molecular weight excluding hydrogens is 1370 g/mol. The molecule has 0 aromatic heterocycles. The average Bonchev–Trinajstić information content (AvgIpc) is 0.931. The van der Waals surface area contributed by atoms with Crippen molar-refractivity contribution < 1.29 is 28.8 Å². The van der Waals surface area contributed by atoms with Crippen molar-refractivity contribution in [2.45, 2.75) is 452 Å². The monoisotopic (exact) mass is 1550 g/mol. The van der Waals surface area contributed by atoms with Crippen LogP contribution in [0.5, 0.6) is 0 Å². The van der Waals surface area contributed by atoms with E-state index in [0.717, 1.165) is 77.0 Å². The second-order valence-electron chi connectivity index (χ2n) is 33.4. The fourth-order valence-corrected chi connectivity index (χ4v) is 15.0. The maximum atomic E-state index is 13.8. The summed E-state index contributed by atoms with van der Waals surface area (Å²) in [6.45, 7) is 24.8. The zero-order chi connectivity index (χ0) is 80.0. The third-order valence-electron chi connectivity index (χ3n) is 22.7. The number of carbonyl (C=O) groups excluding carboxylic acids is 6. The number of carbonyl (C=O) groups is 6. The second kappa shape index (κ2) is 88.0. The van der Waals surface area contributed by atoms with Gasteiger partial charge in [0, 0.05) is 156 Å². The molecule has 110 heavy (non-hydrogen) atoms. The summed E-state index contributed by atoms with van der Waals surface area (Å²) in [6, 6.07) is 0. The van der Waals surface area contributed by atoms with E-state index >= 15 is 0 Å². The van der Waals surface area contributed by atoms with Gasteiger partial charge < -0.3 is 51.5 Å². The Balaban J connectivity index is 6.77. The van der Waals surface area contributed by atoms with Crippen LogP contribution in [0.2, 0.25) is 0 Å². The minimum absolute atomic E-state index is 0.0476. The molecule has 0 saturated heterocycles. The van der Waals surface area contributed by atoms with Gasteiger partial charge in [-0.3, -0.25) is 28.8 Å². The maximum absolute atomic E-state index is 13.8. The molecule has 0 aliphatic rings. The quantitative estimate of drug-likeness (QED) is 0.0320. The summed E-state index contributed by atoms with van der Waals surface area (Å²) in [5.41, 5.74) is 0. The number of hydrogen-bond donors (Lipinski definition) is 6. The molecule has 0 unspecified atom stereocenters. The van der Waals surface area contributed by atoms with E-state index in [1.165, 1.54) is 295 Å². The van der Waals surface area contributed by atoms with Crippen LogP contribution < -0.4 is 31.9 Å². The lowest BCUT2D eigenvalue weighted by atomic mass is 10.1. The van der Waals surface area contributed by atoms with E-state index in [2.05, 4.69) is 93.0 Å².